The van der Waals surface area contributed by atoms with Crippen molar-refractivity contribution in [2.45, 2.75) is 84.0 Å². The Morgan fingerprint density at radius 1 is 0.711 bits per heavy atom. The highest BCUT2D eigenvalue weighted by molar-refractivity contribution is 6.03. The van der Waals surface area contributed by atoms with E-state index in [0.29, 0.717) is 53.6 Å². The van der Waals surface area contributed by atoms with E-state index in [2.05, 4.69) is 27.7 Å². The van der Waals surface area contributed by atoms with Crippen molar-refractivity contribution >= 4 is 5.78 Å². The van der Waals surface area contributed by atoms with Gasteiger partial charge in [0.2, 0.25) is 11.6 Å². The first-order valence-corrected chi connectivity index (χ1v) is 15.7. The summed E-state index contributed by atoms with van der Waals surface area (Å²) in [5, 5.41) is 0. The molecule has 2 aliphatic heterocycles. The summed E-state index contributed by atoms with van der Waals surface area (Å²) in [5.74, 6) is 1.68. The molecule has 0 bridgehead atoms. The van der Waals surface area contributed by atoms with Crippen LogP contribution >= 0.6 is 0 Å². The molecule has 0 fully saturated rings. The quantitative estimate of drug-likeness (QED) is 0.300. The maximum absolute atomic E-state index is 14.9. The first-order valence-electron chi connectivity index (χ1n) is 15.7. The number of hydrogen-bond acceptors (Lipinski definition) is 9. The normalized spacial score (nSPS) is 23.8. The van der Waals surface area contributed by atoms with E-state index < -0.39 is 17.3 Å². The summed E-state index contributed by atoms with van der Waals surface area (Å²) in [5.41, 5.74) is 2.78. The van der Waals surface area contributed by atoms with Crippen LogP contribution in [0.4, 0.5) is 0 Å². The van der Waals surface area contributed by atoms with Crippen LogP contribution in [0.15, 0.2) is 23.5 Å². The number of fused-ring (bicyclic) bond motifs is 4. The fraction of sp³-hybridized carbons (Fsp3) is 0.583. The van der Waals surface area contributed by atoms with Gasteiger partial charge < -0.3 is 37.9 Å². The molecule has 9 nitrogen and oxygen atoms in total. The van der Waals surface area contributed by atoms with Crippen LogP contribution in [0.2, 0.25) is 0 Å². The topological polar surface area (TPSA) is 90.9 Å². The molecular formula is C36H48O9. The van der Waals surface area contributed by atoms with Crippen LogP contribution < -0.4 is 28.4 Å². The molecule has 0 aromatic heterocycles. The Bertz CT molecular complexity index is 1520. The van der Waals surface area contributed by atoms with Gasteiger partial charge in [0.25, 0.3) is 0 Å². The van der Waals surface area contributed by atoms with Crippen LogP contribution in [0.3, 0.4) is 0 Å². The molecule has 2 aromatic rings. The molecule has 0 amide bonds. The summed E-state index contributed by atoms with van der Waals surface area (Å²) in [6.45, 7) is 12.4. The summed E-state index contributed by atoms with van der Waals surface area (Å²) in [6, 6.07) is 3.99. The molecular weight excluding hydrogens is 576 g/mol. The van der Waals surface area contributed by atoms with Crippen molar-refractivity contribution in [2.24, 2.45) is 11.8 Å². The number of benzene rings is 2. The third kappa shape index (κ3) is 4.64. The van der Waals surface area contributed by atoms with Gasteiger partial charge in [-0.25, -0.2) is 0 Å². The average Bonchev–Trinajstić information content (AvgIpc) is 3.03. The lowest BCUT2D eigenvalue weighted by Crippen LogP contribution is -2.69. The lowest BCUT2D eigenvalue weighted by atomic mass is 9.62. The summed E-state index contributed by atoms with van der Waals surface area (Å²) in [7, 11) is 9.70. The second kappa shape index (κ2) is 12.0. The summed E-state index contributed by atoms with van der Waals surface area (Å²) >= 11 is 0. The van der Waals surface area contributed by atoms with Crippen molar-refractivity contribution in [2.75, 3.05) is 42.7 Å². The van der Waals surface area contributed by atoms with Gasteiger partial charge in [-0.05, 0) is 49.1 Å². The van der Waals surface area contributed by atoms with E-state index in [1.807, 2.05) is 26.0 Å². The summed E-state index contributed by atoms with van der Waals surface area (Å²) in [6.07, 6.45) is 1.32. The molecule has 246 valence electrons. The zero-order chi connectivity index (χ0) is 33.0. The molecule has 0 saturated carbocycles. The van der Waals surface area contributed by atoms with Crippen LogP contribution in [0, 0.1) is 11.8 Å². The Labute approximate surface area is 267 Å². The number of Topliss-reactive ketones (excluding diaryl/α,β-unsaturated/α-hetero) is 1. The van der Waals surface area contributed by atoms with Gasteiger partial charge in [-0.15, -0.1) is 0 Å². The molecule has 1 spiro atoms. The van der Waals surface area contributed by atoms with Crippen LogP contribution in [0.25, 0.3) is 0 Å². The van der Waals surface area contributed by atoms with Gasteiger partial charge in [-0.1, -0.05) is 41.5 Å². The second-order valence-electron chi connectivity index (χ2n) is 13.0. The second-order valence-corrected chi connectivity index (χ2v) is 13.0. The molecule has 2 aromatic carbocycles. The van der Waals surface area contributed by atoms with E-state index in [9.17, 15) is 4.79 Å². The Morgan fingerprint density at radius 2 is 1.24 bits per heavy atom. The van der Waals surface area contributed by atoms with E-state index in [1.165, 1.54) is 7.11 Å². The molecule has 1 unspecified atom stereocenters. The molecule has 3 aliphatic rings. The first kappa shape index (κ1) is 32.8. The van der Waals surface area contributed by atoms with Crippen molar-refractivity contribution < 1.29 is 42.7 Å². The maximum Gasteiger partial charge on any atom is 0.245 e. The van der Waals surface area contributed by atoms with Crippen molar-refractivity contribution in [3.8, 4) is 34.5 Å². The molecule has 45 heavy (non-hydrogen) atoms. The van der Waals surface area contributed by atoms with E-state index >= 15 is 0 Å². The highest BCUT2D eigenvalue weighted by atomic mass is 16.7. The standard InChI is InChI=1S/C36H48O9/c1-18(2)26-23(38-7)15-21-13-14-35(44-29(21)31(26)40-9)25-17-22-16-24(39-8)27(19(3)4)32(41-10)30(22)45-36(25,43-12)28(20(5)6)33(42-11)34(35)37/h15-16,18-20,25H,13-14,17H2,1-12H3/t25?,35-,36+/m1/s1. The Morgan fingerprint density at radius 3 is 1.69 bits per heavy atom. The largest absolute Gasteiger partial charge is 0.496 e. The van der Waals surface area contributed by atoms with Gasteiger partial charge in [0.15, 0.2) is 34.4 Å². The number of ketones is 1. The zero-order valence-corrected chi connectivity index (χ0v) is 28.8. The maximum atomic E-state index is 14.9. The third-order valence-corrected chi connectivity index (χ3v) is 9.67. The number of methoxy groups -OCH3 is 6. The fourth-order valence-corrected chi connectivity index (χ4v) is 7.80. The molecule has 5 rings (SSSR count). The third-order valence-electron chi connectivity index (χ3n) is 9.67. The van der Waals surface area contributed by atoms with Crippen LogP contribution in [-0.4, -0.2) is 59.8 Å². The van der Waals surface area contributed by atoms with Gasteiger partial charge in [0.1, 0.15) is 11.5 Å². The van der Waals surface area contributed by atoms with Gasteiger partial charge in [-0.2, -0.15) is 0 Å². The van der Waals surface area contributed by atoms with Crippen molar-refractivity contribution in [1.82, 2.24) is 0 Å². The lowest BCUT2D eigenvalue weighted by molar-refractivity contribution is -0.234. The van der Waals surface area contributed by atoms with Gasteiger partial charge >= 0.3 is 0 Å². The predicted octanol–water partition coefficient (Wildman–Crippen LogP) is 6.76. The monoisotopic (exact) mass is 624 g/mol. The molecule has 2 heterocycles. The number of hydrogen-bond donors (Lipinski definition) is 0. The molecule has 0 radical (unpaired) electrons. The summed E-state index contributed by atoms with van der Waals surface area (Å²) < 4.78 is 50.3. The Hall–Kier alpha value is -3.59. The van der Waals surface area contributed by atoms with Gasteiger partial charge in [0.05, 0.1) is 41.5 Å². The molecule has 1 aliphatic carbocycles. The van der Waals surface area contributed by atoms with Crippen LogP contribution in [0.5, 0.6) is 34.5 Å². The van der Waals surface area contributed by atoms with Crippen molar-refractivity contribution in [3.63, 3.8) is 0 Å². The Balaban J connectivity index is 1.83. The number of carbonyl (C=O) groups is 1. The number of aryl methyl sites for hydroxylation is 1. The van der Waals surface area contributed by atoms with Crippen LogP contribution in [-0.2, 0) is 27.1 Å². The average molecular weight is 625 g/mol. The highest BCUT2D eigenvalue weighted by Gasteiger charge is 2.69. The minimum absolute atomic E-state index is 0.0729. The lowest BCUT2D eigenvalue weighted by Gasteiger charge is -2.56. The highest BCUT2D eigenvalue weighted by Crippen LogP contribution is 2.60. The fourth-order valence-electron chi connectivity index (χ4n) is 7.80. The zero-order valence-electron chi connectivity index (χ0n) is 28.8. The first-order chi connectivity index (χ1) is 21.4. The summed E-state index contributed by atoms with van der Waals surface area (Å²) in [4.78, 5) is 14.9. The number of rotatable bonds is 9. The molecule has 0 N–H and O–H groups in total. The number of ether oxygens (including phenoxy) is 8. The Kier molecular flexibility index (Phi) is 8.72. The minimum Gasteiger partial charge on any atom is -0.496 e. The minimum atomic E-state index is -1.39. The van der Waals surface area contributed by atoms with Crippen molar-refractivity contribution in [3.05, 3.63) is 45.7 Å². The van der Waals surface area contributed by atoms with E-state index in [0.717, 1.165) is 28.0 Å². The van der Waals surface area contributed by atoms with E-state index in [-0.39, 0.29) is 29.3 Å². The van der Waals surface area contributed by atoms with Gasteiger partial charge in [-0.3, -0.25) is 4.79 Å². The molecule has 0 saturated heterocycles. The molecule has 9 heteroatoms. The number of carbonyl (C=O) groups excluding carboxylic acids is 1. The SMILES string of the molecule is COC1=C(C(C)C)[C@@]2(OC)Oc3c(cc(OC)c(C(C)C)c3OC)CC2[C@]2(CCc3cc(OC)c(C(C)C)c(OC)c3O2)C1=O. The van der Waals surface area contributed by atoms with E-state index in [4.69, 9.17) is 37.9 Å². The van der Waals surface area contributed by atoms with Gasteiger partial charge in [0, 0.05) is 34.9 Å². The van der Waals surface area contributed by atoms with Crippen LogP contribution in [0.1, 0.15) is 82.1 Å². The smallest absolute Gasteiger partial charge is 0.245 e. The van der Waals surface area contributed by atoms with Crippen molar-refractivity contribution in [1.29, 1.82) is 0 Å². The predicted molar refractivity (Wildman–Crippen MR) is 170 cm³/mol. The molecule has 3 atom stereocenters. The van der Waals surface area contributed by atoms with E-state index in [1.54, 1.807) is 35.5 Å².